The molecule has 1 aliphatic heterocycles. The molecule has 2 heterocycles. The highest BCUT2D eigenvalue weighted by molar-refractivity contribution is 6.33. The van der Waals surface area contributed by atoms with Gasteiger partial charge in [-0.1, -0.05) is 25.4 Å². The number of nitrogens with zero attached hydrogens (tertiary/aromatic N) is 2. The lowest BCUT2D eigenvalue weighted by molar-refractivity contribution is 0.0778. The van der Waals surface area contributed by atoms with Crippen LogP contribution in [-0.2, 0) is 0 Å². The molecule has 2 rings (SSSR count). The van der Waals surface area contributed by atoms with Gasteiger partial charge in [-0.25, -0.2) is 4.98 Å². The Morgan fingerprint density at radius 3 is 2.82 bits per heavy atom. The van der Waals surface area contributed by atoms with Gasteiger partial charge in [-0.05, 0) is 17.9 Å². The van der Waals surface area contributed by atoms with Crippen molar-refractivity contribution in [3.8, 4) is 0 Å². The largest absolute Gasteiger partial charge is 0.382 e. The Kier molecular flexibility index (Phi) is 3.00. The van der Waals surface area contributed by atoms with Crippen LogP contribution in [0, 0.1) is 5.41 Å². The number of halogens is 1. The van der Waals surface area contributed by atoms with E-state index in [0.29, 0.717) is 10.6 Å². The van der Waals surface area contributed by atoms with E-state index in [2.05, 4.69) is 18.8 Å². The minimum atomic E-state index is -0.0232. The maximum absolute atomic E-state index is 12.2. The molecule has 1 saturated heterocycles. The summed E-state index contributed by atoms with van der Waals surface area (Å²) in [6.07, 6.45) is 2.50. The fourth-order valence-corrected chi connectivity index (χ4v) is 2.20. The molecule has 2 N–H and O–H groups in total. The molecule has 0 bridgehead atoms. The first kappa shape index (κ1) is 12.2. The summed E-state index contributed by atoms with van der Waals surface area (Å²) in [6, 6.07) is 1.58. The van der Waals surface area contributed by atoms with Crippen LogP contribution in [0.5, 0.6) is 0 Å². The fourth-order valence-electron chi connectivity index (χ4n) is 2.03. The van der Waals surface area contributed by atoms with E-state index >= 15 is 0 Å². The molecule has 1 fully saturated rings. The number of nitrogen functional groups attached to an aromatic ring is 1. The van der Waals surface area contributed by atoms with Gasteiger partial charge in [-0.3, -0.25) is 4.79 Å². The van der Waals surface area contributed by atoms with Gasteiger partial charge in [0.1, 0.15) is 5.82 Å². The molecule has 1 aromatic heterocycles. The number of carbonyl (C=O) groups excluding carboxylic acids is 1. The smallest absolute Gasteiger partial charge is 0.255 e. The van der Waals surface area contributed by atoms with E-state index in [1.54, 1.807) is 6.07 Å². The third-order valence-electron chi connectivity index (χ3n) is 3.08. The lowest BCUT2D eigenvalue weighted by Crippen LogP contribution is -2.30. The second-order valence-electron chi connectivity index (χ2n) is 5.23. The first-order chi connectivity index (χ1) is 7.89. The van der Waals surface area contributed by atoms with E-state index < -0.39 is 0 Å². The summed E-state index contributed by atoms with van der Waals surface area (Å²) in [5, 5.41) is 0.328. The normalized spacial score (nSPS) is 18.4. The SMILES string of the molecule is CC1(C)CCN(C(=O)c2cnc(N)c(Cl)c2)C1. The van der Waals surface area contributed by atoms with Crippen molar-refractivity contribution in [1.29, 1.82) is 0 Å². The van der Waals surface area contributed by atoms with Crippen molar-refractivity contribution in [3.63, 3.8) is 0 Å². The molecule has 1 amide bonds. The topological polar surface area (TPSA) is 59.2 Å². The van der Waals surface area contributed by atoms with E-state index in [9.17, 15) is 4.79 Å². The molecule has 0 aromatic carbocycles. The van der Waals surface area contributed by atoms with Crippen molar-refractivity contribution in [1.82, 2.24) is 9.88 Å². The Balaban J connectivity index is 2.18. The zero-order valence-electron chi connectivity index (χ0n) is 10.0. The van der Waals surface area contributed by atoms with Crippen LogP contribution in [0.2, 0.25) is 5.02 Å². The van der Waals surface area contributed by atoms with Crippen LogP contribution in [0.3, 0.4) is 0 Å². The minimum Gasteiger partial charge on any atom is -0.382 e. The number of hydrogen-bond acceptors (Lipinski definition) is 3. The molecular formula is C12H16ClN3O. The molecule has 0 saturated carbocycles. The fraction of sp³-hybridized carbons (Fsp3) is 0.500. The van der Waals surface area contributed by atoms with Gasteiger partial charge in [0.25, 0.3) is 5.91 Å². The Morgan fingerprint density at radius 2 is 2.29 bits per heavy atom. The third-order valence-corrected chi connectivity index (χ3v) is 3.38. The average Bonchev–Trinajstić information content (AvgIpc) is 2.62. The van der Waals surface area contributed by atoms with E-state index in [-0.39, 0.29) is 17.1 Å². The molecule has 0 atom stereocenters. The summed E-state index contributed by atoms with van der Waals surface area (Å²) in [7, 11) is 0. The van der Waals surface area contributed by atoms with Gasteiger partial charge >= 0.3 is 0 Å². The Labute approximate surface area is 106 Å². The van der Waals surface area contributed by atoms with Gasteiger partial charge in [0.15, 0.2) is 0 Å². The first-order valence-corrected chi connectivity index (χ1v) is 5.97. The van der Waals surface area contributed by atoms with Gasteiger partial charge in [0, 0.05) is 19.3 Å². The summed E-state index contributed by atoms with van der Waals surface area (Å²) in [5.41, 5.74) is 6.21. The van der Waals surface area contributed by atoms with Crippen molar-refractivity contribution in [2.45, 2.75) is 20.3 Å². The van der Waals surface area contributed by atoms with Crippen LogP contribution in [-0.4, -0.2) is 28.9 Å². The van der Waals surface area contributed by atoms with Crippen LogP contribution in [0.4, 0.5) is 5.82 Å². The highest BCUT2D eigenvalue weighted by Gasteiger charge is 2.32. The number of amides is 1. The molecule has 0 unspecified atom stereocenters. The molecule has 5 heteroatoms. The highest BCUT2D eigenvalue weighted by Crippen LogP contribution is 2.30. The summed E-state index contributed by atoms with van der Waals surface area (Å²) in [4.78, 5) is 17.9. The highest BCUT2D eigenvalue weighted by atomic mass is 35.5. The number of nitrogens with two attached hydrogens (primary N) is 1. The molecule has 0 aliphatic carbocycles. The number of likely N-dealkylation sites (tertiary alicyclic amines) is 1. The van der Waals surface area contributed by atoms with Gasteiger partial charge in [0.05, 0.1) is 10.6 Å². The van der Waals surface area contributed by atoms with E-state index in [1.807, 2.05) is 4.90 Å². The molecule has 17 heavy (non-hydrogen) atoms. The third kappa shape index (κ3) is 2.52. The van der Waals surface area contributed by atoms with E-state index in [1.165, 1.54) is 6.20 Å². The van der Waals surface area contributed by atoms with Crippen LogP contribution < -0.4 is 5.73 Å². The number of carbonyl (C=O) groups is 1. The molecule has 1 aliphatic rings. The zero-order chi connectivity index (χ0) is 12.6. The van der Waals surface area contributed by atoms with E-state index in [4.69, 9.17) is 17.3 Å². The van der Waals surface area contributed by atoms with Gasteiger partial charge < -0.3 is 10.6 Å². The first-order valence-electron chi connectivity index (χ1n) is 5.59. The maximum atomic E-state index is 12.2. The van der Waals surface area contributed by atoms with Gasteiger partial charge in [-0.15, -0.1) is 0 Å². The summed E-state index contributed by atoms with van der Waals surface area (Å²) >= 11 is 5.86. The number of aromatic nitrogens is 1. The number of hydrogen-bond donors (Lipinski definition) is 1. The average molecular weight is 254 g/mol. The lowest BCUT2D eigenvalue weighted by Gasteiger charge is -2.19. The molecule has 4 nitrogen and oxygen atoms in total. The Hall–Kier alpha value is -1.29. The van der Waals surface area contributed by atoms with Crippen molar-refractivity contribution in [2.75, 3.05) is 18.8 Å². The molecule has 92 valence electrons. The van der Waals surface area contributed by atoms with Crippen molar-refractivity contribution >= 4 is 23.3 Å². The summed E-state index contributed by atoms with van der Waals surface area (Å²) < 4.78 is 0. The Bertz CT molecular complexity index is 459. The zero-order valence-corrected chi connectivity index (χ0v) is 10.8. The predicted molar refractivity (Wildman–Crippen MR) is 68.0 cm³/mol. The van der Waals surface area contributed by atoms with Crippen molar-refractivity contribution in [2.24, 2.45) is 5.41 Å². The molecule has 1 aromatic rings. The summed E-state index contributed by atoms with van der Waals surface area (Å²) in [5.74, 6) is 0.231. The van der Waals surface area contributed by atoms with Gasteiger partial charge in [-0.2, -0.15) is 0 Å². The van der Waals surface area contributed by atoms with Crippen LogP contribution >= 0.6 is 11.6 Å². The monoisotopic (exact) mass is 253 g/mol. The van der Waals surface area contributed by atoms with Gasteiger partial charge in [0.2, 0.25) is 0 Å². The van der Waals surface area contributed by atoms with Crippen molar-refractivity contribution in [3.05, 3.63) is 22.8 Å². The minimum absolute atomic E-state index is 0.0232. The standard InChI is InChI=1S/C12H16ClN3O/c1-12(2)3-4-16(7-12)11(17)8-5-9(13)10(14)15-6-8/h5-6H,3-4,7H2,1-2H3,(H2,14,15). The summed E-state index contributed by atoms with van der Waals surface area (Å²) in [6.45, 7) is 5.88. The van der Waals surface area contributed by atoms with Crippen LogP contribution in [0.25, 0.3) is 0 Å². The number of pyridine rings is 1. The lowest BCUT2D eigenvalue weighted by atomic mass is 9.93. The maximum Gasteiger partial charge on any atom is 0.255 e. The van der Waals surface area contributed by atoms with Crippen molar-refractivity contribution < 1.29 is 4.79 Å². The number of rotatable bonds is 1. The van der Waals surface area contributed by atoms with Crippen LogP contribution in [0.15, 0.2) is 12.3 Å². The predicted octanol–water partition coefficient (Wildman–Crippen LogP) is 2.19. The second-order valence-corrected chi connectivity index (χ2v) is 5.64. The Morgan fingerprint density at radius 1 is 1.59 bits per heavy atom. The van der Waals surface area contributed by atoms with E-state index in [0.717, 1.165) is 19.5 Å². The van der Waals surface area contributed by atoms with Crippen LogP contribution in [0.1, 0.15) is 30.6 Å². The molecule has 0 spiro atoms. The number of anilines is 1. The molecular weight excluding hydrogens is 238 g/mol. The molecule has 0 radical (unpaired) electrons. The quantitative estimate of drug-likeness (QED) is 0.835. The second kappa shape index (κ2) is 4.18.